The third kappa shape index (κ3) is 3.20. The first-order valence-electron chi connectivity index (χ1n) is 5.91. The van der Waals surface area contributed by atoms with Crippen LogP contribution in [-0.4, -0.2) is 23.2 Å². The van der Waals surface area contributed by atoms with Gasteiger partial charge in [0.2, 0.25) is 0 Å². The van der Waals surface area contributed by atoms with Gasteiger partial charge in [-0.1, -0.05) is 30.5 Å². The Morgan fingerprint density at radius 3 is 2.82 bits per heavy atom. The lowest BCUT2D eigenvalue weighted by atomic mass is 9.92. The normalized spacial score (nSPS) is 24.4. The molecule has 0 aromatic heterocycles. The van der Waals surface area contributed by atoms with Crippen molar-refractivity contribution in [1.82, 2.24) is 5.32 Å². The van der Waals surface area contributed by atoms with E-state index < -0.39 is 6.10 Å². The van der Waals surface area contributed by atoms with Crippen LogP contribution in [0.2, 0.25) is 5.02 Å². The first-order valence-corrected chi connectivity index (χ1v) is 6.29. The van der Waals surface area contributed by atoms with Gasteiger partial charge in [0, 0.05) is 10.6 Å². The largest absolute Gasteiger partial charge is 0.391 e. The zero-order valence-corrected chi connectivity index (χ0v) is 10.3. The molecule has 2 N–H and O–H groups in total. The van der Waals surface area contributed by atoms with Crippen LogP contribution in [0.1, 0.15) is 36.0 Å². The summed E-state index contributed by atoms with van der Waals surface area (Å²) in [5, 5.41) is 13.2. The van der Waals surface area contributed by atoms with E-state index in [2.05, 4.69) is 5.32 Å². The molecule has 1 aliphatic carbocycles. The van der Waals surface area contributed by atoms with Crippen LogP contribution in [0.15, 0.2) is 24.3 Å². The van der Waals surface area contributed by atoms with Crippen molar-refractivity contribution in [3.05, 3.63) is 34.9 Å². The van der Waals surface area contributed by atoms with Crippen LogP contribution in [0.25, 0.3) is 0 Å². The Kier molecular flexibility index (Phi) is 4.02. The van der Waals surface area contributed by atoms with Crippen molar-refractivity contribution < 1.29 is 9.90 Å². The second-order valence-electron chi connectivity index (χ2n) is 4.44. The molecule has 3 nitrogen and oxygen atoms in total. The van der Waals surface area contributed by atoms with Crippen molar-refractivity contribution in [3.63, 3.8) is 0 Å². The van der Waals surface area contributed by atoms with E-state index >= 15 is 0 Å². The summed E-state index contributed by atoms with van der Waals surface area (Å²) < 4.78 is 0. The molecule has 0 radical (unpaired) electrons. The van der Waals surface area contributed by atoms with E-state index in [1.165, 1.54) is 0 Å². The minimum atomic E-state index is -0.424. The summed E-state index contributed by atoms with van der Waals surface area (Å²) in [5.74, 6) is -0.168. The molecule has 0 saturated heterocycles. The van der Waals surface area contributed by atoms with Crippen molar-refractivity contribution in [1.29, 1.82) is 0 Å². The molecule has 0 heterocycles. The van der Waals surface area contributed by atoms with Crippen LogP contribution in [0, 0.1) is 0 Å². The number of nitrogens with one attached hydrogen (secondary N) is 1. The molecule has 1 amide bonds. The average Bonchev–Trinajstić information content (AvgIpc) is 2.32. The van der Waals surface area contributed by atoms with Gasteiger partial charge < -0.3 is 10.4 Å². The number of rotatable bonds is 2. The van der Waals surface area contributed by atoms with Crippen LogP contribution in [-0.2, 0) is 0 Å². The van der Waals surface area contributed by atoms with Gasteiger partial charge in [-0.3, -0.25) is 4.79 Å². The number of amides is 1. The average molecular weight is 254 g/mol. The Bertz CT molecular complexity index is 408. The summed E-state index contributed by atoms with van der Waals surface area (Å²) in [4.78, 5) is 11.9. The molecule has 1 saturated carbocycles. The van der Waals surface area contributed by atoms with Gasteiger partial charge in [-0.05, 0) is 31.0 Å². The molecule has 0 unspecified atom stereocenters. The number of benzene rings is 1. The zero-order valence-electron chi connectivity index (χ0n) is 9.53. The molecule has 92 valence electrons. The smallest absolute Gasteiger partial charge is 0.251 e. The number of halogens is 1. The van der Waals surface area contributed by atoms with Gasteiger partial charge in [0.1, 0.15) is 0 Å². The molecular weight excluding hydrogens is 238 g/mol. The van der Waals surface area contributed by atoms with Crippen molar-refractivity contribution in [2.45, 2.75) is 37.8 Å². The molecule has 0 aliphatic heterocycles. The predicted molar refractivity (Wildman–Crippen MR) is 67.2 cm³/mol. The zero-order chi connectivity index (χ0) is 12.3. The summed E-state index contributed by atoms with van der Waals surface area (Å²) in [6, 6.07) is 6.69. The lowest BCUT2D eigenvalue weighted by molar-refractivity contribution is 0.0717. The minimum Gasteiger partial charge on any atom is -0.391 e. The van der Waals surface area contributed by atoms with Gasteiger partial charge in [0.05, 0.1) is 12.1 Å². The molecule has 1 fully saturated rings. The van der Waals surface area contributed by atoms with Crippen LogP contribution >= 0.6 is 11.6 Å². The van der Waals surface area contributed by atoms with Gasteiger partial charge in [0.15, 0.2) is 0 Å². The van der Waals surface area contributed by atoms with Crippen LogP contribution < -0.4 is 5.32 Å². The number of aliphatic hydroxyl groups excluding tert-OH is 1. The van der Waals surface area contributed by atoms with E-state index in [1.54, 1.807) is 24.3 Å². The number of hydrogen-bond acceptors (Lipinski definition) is 2. The minimum absolute atomic E-state index is 0.129. The highest BCUT2D eigenvalue weighted by molar-refractivity contribution is 6.30. The molecule has 2 atom stereocenters. The molecule has 0 spiro atoms. The first kappa shape index (κ1) is 12.4. The Labute approximate surface area is 106 Å². The van der Waals surface area contributed by atoms with Crippen molar-refractivity contribution in [2.75, 3.05) is 0 Å². The number of carbonyl (C=O) groups excluding carboxylic acids is 1. The monoisotopic (exact) mass is 253 g/mol. The van der Waals surface area contributed by atoms with Crippen LogP contribution in [0.4, 0.5) is 0 Å². The number of hydrogen-bond donors (Lipinski definition) is 2. The fraction of sp³-hybridized carbons (Fsp3) is 0.462. The Morgan fingerprint density at radius 1 is 1.35 bits per heavy atom. The summed E-state index contributed by atoms with van der Waals surface area (Å²) >= 11 is 5.83. The summed E-state index contributed by atoms with van der Waals surface area (Å²) in [5.41, 5.74) is 0.537. The maximum Gasteiger partial charge on any atom is 0.251 e. The number of aliphatic hydroxyl groups is 1. The lowest BCUT2D eigenvalue weighted by Gasteiger charge is -2.28. The topological polar surface area (TPSA) is 49.3 Å². The summed E-state index contributed by atoms with van der Waals surface area (Å²) in [6.07, 6.45) is 3.27. The molecule has 4 heteroatoms. The Morgan fingerprint density at radius 2 is 2.12 bits per heavy atom. The van der Waals surface area contributed by atoms with Crippen LogP contribution in [0.5, 0.6) is 0 Å². The fourth-order valence-electron chi connectivity index (χ4n) is 2.16. The number of carbonyl (C=O) groups is 1. The molecule has 1 aromatic carbocycles. The lowest BCUT2D eigenvalue weighted by Crippen LogP contribution is -2.45. The highest BCUT2D eigenvalue weighted by atomic mass is 35.5. The predicted octanol–water partition coefficient (Wildman–Crippen LogP) is 2.37. The molecule has 1 aliphatic rings. The second-order valence-corrected chi connectivity index (χ2v) is 4.88. The van der Waals surface area contributed by atoms with Gasteiger partial charge >= 0.3 is 0 Å². The van der Waals surface area contributed by atoms with E-state index in [0.29, 0.717) is 10.6 Å². The van der Waals surface area contributed by atoms with E-state index in [-0.39, 0.29) is 11.9 Å². The molecule has 1 aromatic rings. The maximum atomic E-state index is 11.9. The Balaban J connectivity index is 2.01. The second kappa shape index (κ2) is 5.52. The standard InChI is InChI=1S/C13H16ClNO2/c14-10-5-3-4-9(8-10)13(17)15-11-6-1-2-7-12(11)16/h3-5,8,11-12,16H,1-2,6-7H2,(H,15,17)/t11-,12+/m1/s1. The van der Waals surface area contributed by atoms with E-state index in [0.717, 1.165) is 25.7 Å². The van der Waals surface area contributed by atoms with E-state index in [4.69, 9.17) is 11.6 Å². The fourth-order valence-corrected chi connectivity index (χ4v) is 2.35. The summed E-state index contributed by atoms with van der Waals surface area (Å²) in [6.45, 7) is 0. The van der Waals surface area contributed by atoms with E-state index in [9.17, 15) is 9.90 Å². The SMILES string of the molecule is O=C(N[C@@H]1CCCC[C@@H]1O)c1cccc(Cl)c1. The first-order chi connectivity index (χ1) is 8.16. The van der Waals surface area contributed by atoms with Gasteiger partial charge in [-0.2, -0.15) is 0 Å². The highest BCUT2D eigenvalue weighted by Gasteiger charge is 2.24. The van der Waals surface area contributed by atoms with Crippen molar-refractivity contribution in [3.8, 4) is 0 Å². The maximum absolute atomic E-state index is 11.9. The third-order valence-corrected chi connectivity index (χ3v) is 3.37. The molecule has 0 bridgehead atoms. The Hall–Kier alpha value is -1.06. The highest BCUT2D eigenvalue weighted by Crippen LogP contribution is 2.19. The third-order valence-electron chi connectivity index (χ3n) is 3.13. The van der Waals surface area contributed by atoms with Crippen LogP contribution in [0.3, 0.4) is 0 Å². The van der Waals surface area contributed by atoms with Gasteiger partial charge in [0.25, 0.3) is 5.91 Å². The molecule has 17 heavy (non-hydrogen) atoms. The molecule has 2 rings (SSSR count). The van der Waals surface area contributed by atoms with Gasteiger partial charge in [-0.15, -0.1) is 0 Å². The van der Waals surface area contributed by atoms with Crippen molar-refractivity contribution in [2.24, 2.45) is 0 Å². The summed E-state index contributed by atoms with van der Waals surface area (Å²) in [7, 11) is 0. The quantitative estimate of drug-likeness (QED) is 0.850. The molecular formula is C13H16ClNO2. The van der Waals surface area contributed by atoms with E-state index in [1.807, 2.05) is 0 Å². The van der Waals surface area contributed by atoms with Crippen molar-refractivity contribution >= 4 is 17.5 Å². The van der Waals surface area contributed by atoms with Gasteiger partial charge in [-0.25, -0.2) is 0 Å².